The summed E-state index contributed by atoms with van der Waals surface area (Å²) in [7, 11) is 0. The first-order valence-corrected chi connectivity index (χ1v) is 5.36. The van der Waals surface area contributed by atoms with Crippen LogP contribution in [0.1, 0.15) is 27.7 Å². The van der Waals surface area contributed by atoms with Gasteiger partial charge in [0.2, 0.25) is 0 Å². The highest BCUT2D eigenvalue weighted by molar-refractivity contribution is 7.16. The van der Waals surface area contributed by atoms with Gasteiger partial charge in [-0.05, 0) is 32.3 Å². The van der Waals surface area contributed by atoms with Gasteiger partial charge in [0.25, 0.3) is 0 Å². The maximum Gasteiger partial charge on any atom is 0.338 e. The van der Waals surface area contributed by atoms with Crippen LogP contribution in [-0.4, -0.2) is 17.0 Å². The number of rotatable bonds is 2. The molecule has 0 saturated heterocycles. The van der Waals surface area contributed by atoms with Crippen molar-refractivity contribution in [2.45, 2.75) is 20.8 Å². The minimum atomic E-state index is -1.04. The molecular weight excluding hydrogens is 226 g/mol. The lowest BCUT2D eigenvalue weighted by atomic mass is 10.1. The maximum atomic E-state index is 11.2. The monoisotopic (exact) mass is 237 g/mol. The van der Waals surface area contributed by atoms with Gasteiger partial charge in [0.1, 0.15) is 5.00 Å². The largest absolute Gasteiger partial charge is 0.478 e. The summed E-state index contributed by atoms with van der Waals surface area (Å²) in [5, 5.41) is 11.8. The third-order valence-electron chi connectivity index (χ3n) is 2.06. The van der Waals surface area contributed by atoms with E-state index >= 15 is 0 Å². The van der Waals surface area contributed by atoms with E-state index in [1.165, 1.54) is 11.3 Å². The summed E-state index contributed by atoms with van der Waals surface area (Å²) in [6.45, 7) is 5.08. The van der Waals surface area contributed by atoms with E-state index < -0.39 is 11.9 Å². The number of carboxylic acids is 1. The molecule has 16 heavy (non-hydrogen) atoms. The molecule has 1 rings (SSSR count). The van der Waals surface area contributed by atoms with Crippen LogP contribution < -0.4 is 5.32 Å². The highest BCUT2D eigenvalue weighted by Gasteiger charge is 2.19. The van der Waals surface area contributed by atoms with E-state index in [1.807, 2.05) is 6.92 Å². The van der Waals surface area contributed by atoms with Crippen LogP contribution in [0, 0.1) is 25.7 Å². The van der Waals surface area contributed by atoms with Gasteiger partial charge in [-0.25, -0.2) is 4.79 Å². The van der Waals surface area contributed by atoms with Gasteiger partial charge < -0.3 is 10.4 Å². The van der Waals surface area contributed by atoms with Crippen molar-refractivity contribution in [2.75, 3.05) is 5.32 Å². The highest BCUT2D eigenvalue weighted by Crippen LogP contribution is 2.32. The van der Waals surface area contributed by atoms with Crippen molar-refractivity contribution in [3.05, 3.63) is 16.0 Å². The van der Waals surface area contributed by atoms with E-state index in [0.29, 0.717) is 10.6 Å². The first kappa shape index (κ1) is 12.3. The average Bonchev–Trinajstić information content (AvgIpc) is 2.42. The maximum absolute atomic E-state index is 11.2. The summed E-state index contributed by atoms with van der Waals surface area (Å²) in [5.74, 6) is 3.22. The quantitative estimate of drug-likeness (QED) is 0.773. The summed E-state index contributed by atoms with van der Waals surface area (Å²) in [4.78, 5) is 23.1. The second kappa shape index (κ2) is 4.81. The van der Waals surface area contributed by atoms with Gasteiger partial charge in [-0.3, -0.25) is 4.79 Å². The second-order valence-electron chi connectivity index (χ2n) is 3.12. The van der Waals surface area contributed by atoms with Crippen LogP contribution in [0.25, 0.3) is 0 Å². The zero-order valence-corrected chi connectivity index (χ0v) is 9.99. The molecule has 0 aromatic carbocycles. The molecule has 0 spiro atoms. The van der Waals surface area contributed by atoms with E-state index in [0.717, 1.165) is 4.88 Å². The molecule has 0 saturated carbocycles. The van der Waals surface area contributed by atoms with Gasteiger partial charge in [-0.15, -0.1) is 11.3 Å². The number of aryl methyl sites for hydroxylation is 1. The Morgan fingerprint density at radius 1 is 1.38 bits per heavy atom. The average molecular weight is 237 g/mol. The molecule has 5 heteroatoms. The van der Waals surface area contributed by atoms with Gasteiger partial charge in [-0.1, -0.05) is 5.92 Å². The number of aromatic carboxylic acids is 1. The van der Waals surface area contributed by atoms with Crippen LogP contribution >= 0.6 is 11.3 Å². The van der Waals surface area contributed by atoms with Crippen molar-refractivity contribution in [1.82, 2.24) is 0 Å². The van der Waals surface area contributed by atoms with Crippen molar-refractivity contribution in [1.29, 1.82) is 0 Å². The molecular formula is C11H11NO3S. The number of carbonyl (C=O) groups excluding carboxylic acids is 1. The van der Waals surface area contributed by atoms with Crippen LogP contribution in [0.5, 0.6) is 0 Å². The van der Waals surface area contributed by atoms with Crippen molar-refractivity contribution in [3.8, 4) is 11.8 Å². The summed E-state index contributed by atoms with van der Waals surface area (Å²) in [6, 6.07) is 0. The molecule has 1 heterocycles. The molecule has 0 radical (unpaired) electrons. The van der Waals surface area contributed by atoms with Gasteiger partial charge in [0.05, 0.1) is 5.56 Å². The first-order valence-electron chi connectivity index (χ1n) is 4.54. The van der Waals surface area contributed by atoms with Crippen LogP contribution in [0.3, 0.4) is 0 Å². The zero-order valence-electron chi connectivity index (χ0n) is 9.17. The lowest BCUT2D eigenvalue weighted by molar-refractivity contribution is -0.111. The molecule has 1 aromatic heterocycles. The number of thiophene rings is 1. The SMILES string of the molecule is CC#CC(=O)Nc1sc(C)c(C)c1C(=O)O. The second-order valence-corrected chi connectivity index (χ2v) is 4.35. The molecule has 84 valence electrons. The number of hydrogen-bond donors (Lipinski definition) is 2. The molecule has 0 atom stereocenters. The summed E-state index contributed by atoms with van der Waals surface area (Å²) in [5.41, 5.74) is 0.825. The Morgan fingerprint density at radius 3 is 2.50 bits per heavy atom. The lowest BCUT2D eigenvalue weighted by Gasteiger charge is -1.99. The van der Waals surface area contributed by atoms with Crippen molar-refractivity contribution in [2.24, 2.45) is 0 Å². The summed E-state index contributed by atoms with van der Waals surface area (Å²) < 4.78 is 0. The number of carboxylic acid groups (broad SMARTS) is 1. The van der Waals surface area contributed by atoms with Crippen LogP contribution in [0.2, 0.25) is 0 Å². The van der Waals surface area contributed by atoms with E-state index in [1.54, 1.807) is 13.8 Å². The summed E-state index contributed by atoms with van der Waals surface area (Å²) >= 11 is 1.24. The molecule has 1 amide bonds. The first-order chi connectivity index (χ1) is 7.47. The van der Waals surface area contributed by atoms with Crippen molar-refractivity contribution < 1.29 is 14.7 Å². The third kappa shape index (κ3) is 2.41. The minimum Gasteiger partial charge on any atom is -0.478 e. The molecule has 0 aliphatic carbocycles. The molecule has 1 aromatic rings. The van der Waals surface area contributed by atoms with Gasteiger partial charge >= 0.3 is 11.9 Å². The number of nitrogens with one attached hydrogen (secondary N) is 1. The highest BCUT2D eigenvalue weighted by atomic mass is 32.1. The molecule has 4 nitrogen and oxygen atoms in total. The number of anilines is 1. The van der Waals surface area contributed by atoms with E-state index in [9.17, 15) is 9.59 Å². The third-order valence-corrected chi connectivity index (χ3v) is 3.19. The van der Waals surface area contributed by atoms with Gasteiger partial charge in [0, 0.05) is 4.88 Å². The fraction of sp³-hybridized carbons (Fsp3) is 0.273. The van der Waals surface area contributed by atoms with E-state index in [4.69, 9.17) is 5.11 Å². The fourth-order valence-corrected chi connectivity index (χ4v) is 2.27. The normalized spacial score (nSPS) is 9.19. The van der Waals surface area contributed by atoms with Crippen LogP contribution in [0.15, 0.2) is 0 Å². The molecule has 0 aliphatic heterocycles. The predicted octanol–water partition coefficient (Wildman–Crippen LogP) is 2.02. The molecule has 0 unspecified atom stereocenters. The molecule has 0 bridgehead atoms. The smallest absolute Gasteiger partial charge is 0.338 e. The predicted molar refractivity (Wildman–Crippen MR) is 62.8 cm³/mol. The van der Waals surface area contributed by atoms with Crippen LogP contribution in [-0.2, 0) is 4.79 Å². The molecule has 0 fully saturated rings. The molecule has 2 N–H and O–H groups in total. The fourth-order valence-electron chi connectivity index (χ4n) is 1.22. The Hall–Kier alpha value is -1.80. The van der Waals surface area contributed by atoms with E-state index in [2.05, 4.69) is 17.2 Å². The summed E-state index contributed by atoms with van der Waals surface area (Å²) in [6.07, 6.45) is 0. The molecule has 0 aliphatic rings. The van der Waals surface area contributed by atoms with Gasteiger partial charge in [0.15, 0.2) is 0 Å². The van der Waals surface area contributed by atoms with Crippen molar-refractivity contribution in [3.63, 3.8) is 0 Å². The van der Waals surface area contributed by atoms with Crippen molar-refractivity contribution >= 4 is 28.2 Å². The Balaban J connectivity index is 3.12. The minimum absolute atomic E-state index is 0.147. The standard InChI is InChI=1S/C11H11NO3S/c1-4-5-8(13)12-10-9(11(14)15)6(2)7(3)16-10/h1-3H3,(H,12,13)(H,14,15). The number of hydrogen-bond acceptors (Lipinski definition) is 3. The Labute approximate surface area is 97.3 Å². The Bertz CT molecular complexity index is 505. The number of carbonyl (C=O) groups is 2. The Morgan fingerprint density at radius 2 is 2.00 bits per heavy atom. The van der Waals surface area contributed by atoms with Crippen LogP contribution in [0.4, 0.5) is 5.00 Å². The Kier molecular flexibility index (Phi) is 3.69. The lowest BCUT2D eigenvalue weighted by Crippen LogP contribution is -2.10. The zero-order chi connectivity index (χ0) is 12.3. The van der Waals surface area contributed by atoms with E-state index in [-0.39, 0.29) is 5.56 Å². The topological polar surface area (TPSA) is 66.4 Å². The number of amides is 1. The van der Waals surface area contributed by atoms with Gasteiger partial charge in [-0.2, -0.15) is 0 Å².